The van der Waals surface area contributed by atoms with Crippen molar-refractivity contribution in [2.45, 2.75) is 18.4 Å². The molecule has 0 bridgehead atoms. The van der Waals surface area contributed by atoms with Gasteiger partial charge in [-0.3, -0.25) is 0 Å². The fourth-order valence-corrected chi connectivity index (χ4v) is 3.13. The van der Waals surface area contributed by atoms with E-state index in [1.807, 2.05) is 0 Å². The van der Waals surface area contributed by atoms with Gasteiger partial charge in [0.2, 0.25) is 0 Å². The van der Waals surface area contributed by atoms with E-state index in [9.17, 15) is 30.7 Å². The van der Waals surface area contributed by atoms with E-state index in [0.29, 0.717) is 18.2 Å². The molecule has 4 nitrogen and oxygen atoms in total. The van der Waals surface area contributed by atoms with Gasteiger partial charge in [0, 0.05) is 23.7 Å². The number of nitrogens with one attached hydrogen (secondary N) is 1. The van der Waals surface area contributed by atoms with Gasteiger partial charge in [-0.05, 0) is 30.3 Å². The normalized spacial score (nSPS) is 13.2. The van der Waals surface area contributed by atoms with E-state index < -0.39 is 40.4 Å². The molecule has 0 aliphatic heterocycles. The number of hydrogen-bond acceptors (Lipinski definition) is 4. The molecule has 12 heteroatoms. The molecule has 0 saturated heterocycles. The van der Waals surface area contributed by atoms with Gasteiger partial charge in [0.1, 0.15) is 18.0 Å². The molecule has 1 unspecified atom stereocenters. The average Bonchev–Trinajstić information content (AvgIpc) is 2.70. The quantitative estimate of drug-likeness (QED) is 0.436. The first-order valence-corrected chi connectivity index (χ1v) is 9.29. The Morgan fingerprint density at radius 1 is 0.938 bits per heavy atom. The van der Waals surface area contributed by atoms with Gasteiger partial charge in [0.05, 0.1) is 27.9 Å². The van der Waals surface area contributed by atoms with Crippen LogP contribution < -0.4 is 11.1 Å². The van der Waals surface area contributed by atoms with Crippen LogP contribution in [0.4, 0.5) is 36.6 Å². The molecule has 0 radical (unpaired) electrons. The lowest BCUT2D eigenvalue weighted by molar-refractivity contribution is -0.138. The third-order valence-electron chi connectivity index (χ3n) is 4.46. The van der Waals surface area contributed by atoms with Gasteiger partial charge >= 0.3 is 12.4 Å². The third kappa shape index (κ3) is 5.46. The van der Waals surface area contributed by atoms with E-state index in [0.717, 1.165) is 18.5 Å². The summed E-state index contributed by atoms with van der Waals surface area (Å²) in [6.45, 7) is -0.178. The molecule has 0 aliphatic carbocycles. The first-order valence-electron chi connectivity index (χ1n) is 8.91. The third-order valence-corrected chi connectivity index (χ3v) is 4.78. The topological polar surface area (TPSA) is 63.8 Å². The summed E-state index contributed by atoms with van der Waals surface area (Å²) in [6.07, 6.45) is -8.14. The van der Waals surface area contributed by atoms with Crippen LogP contribution in [0.25, 0.3) is 11.3 Å². The highest BCUT2D eigenvalue weighted by molar-refractivity contribution is 6.31. The Labute approximate surface area is 182 Å². The summed E-state index contributed by atoms with van der Waals surface area (Å²) in [5.74, 6) is -0.719. The molecule has 2 aromatic carbocycles. The Kier molecular flexibility index (Phi) is 6.61. The average molecular weight is 479 g/mol. The predicted octanol–water partition coefficient (Wildman–Crippen LogP) is 6.09. The Bertz CT molecular complexity index is 1120. The maximum absolute atomic E-state index is 14.0. The lowest BCUT2D eigenvalue weighted by Crippen LogP contribution is -2.23. The molecule has 3 aromatic rings. The zero-order valence-corrected chi connectivity index (χ0v) is 16.7. The zero-order valence-electron chi connectivity index (χ0n) is 15.9. The Morgan fingerprint density at radius 2 is 1.66 bits per heavy atom. The minimum atomic E-state index is -4.65. The van der Waals surface area contributed by atoms with E-state index in [4.69, 9.17) is 17.3 Å². The van der Waals surface area contributed by atoms with E-state index in [-0.39, 0.29) is 29.2 Å². The molecular weight excluding hydrogens is 465 g/mol. The number of aromatic nitrogens is 2. The second kappa shape index (κ2) is 8.91. The Balaban J connectivity index is 1.77. The molecule has 1 heterocycles. The summed E-state index contributed by atoms with van der Waals surface area (Å²) in [4.78, 5) is 7.90. The van der Waals surface area contributed by atoms with Crippen LogP contribution in [0.15, 0.2) is 48.8 Å². The minimum Gasteiger partial charge on any atom is -0.368 e. The van der Waals surface area contributed by atoms with Gasteiger partial charge < -0.3 is 11.1 Å². The first kappa shape index (κ1) is 23.7. The van der Waals surface area contributed by atoms with Gasteiger partial charge in [-0.1, -0.05) is 17.7 Å². The molecular formula is C20H14ClF7N4. The van der Waals surface area contributed by atoms with Crippen molar-refractivity contribution >= 4 is 17.4 Å². The molecule has 1 atom stereocenters. The van der Waals surface area contributed by atoms with Crippen molar-refractivity contribution < 1.29 is 30.7 Å². The SMILES string of the molecule is NC(CNc1cc(-c2ccc(C(F)(F)F)c(Cl)c2)ncn1)c1cc(C(F)(F)F)ccc1F. The van der Waals surface area contributed by atoms with Crippen LogP contribution in [0.2, 0.25) is 5.02 Å². The highest BCUT2D eigenvalue weighted by Gasteiger charge is 2.33. The summed E-state index contributed by atoms with van der Waals surface area (Å²) in [5, 5.41) is 2.24. The number of rotatable bonds is 5. The molecule has 0 amide bonds. The molecule has 1 aromatic heterocycles. The fraction of sp³-hybridized carbons (Fsp3) is 0.200. The van der Waals surface area contributed by atoms with Gasteiger partial charge in [0.25, 0.3) is 0 Å². The van der Waals surface area contributed by atoms with Gasteiger partial charge in [-0.15, -0.1) is 0 Å². The highest BCUT2D eigenvalue weighted by Crippen LogP contribution is 2.36. The van der Waals surface area contributed by atoms with Crippen molar-refractivity contribution in [1.29, 1.82) is 0 Å². The molecule has 3 N–H and O–H groups in total. The maximum atomic E-state index is 14.0. The van der Waals surface area contributed by atoms with Gasteiger partial charge in [-0.25, -0.2) is 14.4 Å². The summed E-state index contributed by atoms with van der Waals surface area (Å²) in [5.41, 5.74) is 3.99. The molecule has 3 rings (SSSR count). The number of alkyl halides is 6. The molecule has 32 heavy (non-hydrogen) atoms. The van der Waals surface area contributed by atoms with Crippen LogP contribution in [-0.4, -0.2) is 16.5 Å². The molecule has 170 valence electrons. The van der Waals surface area contributed by atoms with Gasteiger partial charge in [0.15, 0.2) is 0 Å². The number of nitrogens with zero attached hydrogens (tertiary/aromatic N) is 2. The molecule has 0 aliphatic rings. The molecule has 0 spiro atoms. The van der Waals surface area contributed by atoms with Crippen LogP contribution in [0.5, 0.6) is 0 Å². The summed E-state index contributed by atoms with van der Waals surface area (Å²) in [6, 6.07) is 5.28. The van der Waals surface area contributed by atoms with Gasteiger partial charge in [-0.2, -0.15) is 26.3 Å². The van der Waals surface area contributed by atoms with Crippen LogP contribution in [0.1, 0.15) is 22.7 Å². The minimum absolute atomic E-state index is 0.175. The lowest BCUT2D eigenvalue weighted by atomic mass is 10.0. The largest absolute Gasteiger partial charge is 0.417 e. The van der Waals surface area contributed by atoms with Crippen molar-refractivity contribution in [2.75, 3.05) is 11.9 Å². The number of benzene rings is 2. The van der Waals surface area contributed by atoms with E-state index >= 15 is 0 Å². The van der Waals surface area contributed by atoms with Crippen molar-refractivity contribution in [3.63, 3.8) is 0 Å². The van der Waals surface area contributed by atoms with E-state index in [1.165, 1.54) is 12.1 Å². The summed E-state index contributed by atoms with van der Waals surface area (Å²) in [7, 11) is 0. The summed E-state index contributed by atoms with van der Waals surface area (Å²) >= 11 is 5.72. The van der Waals surface area contributed by atoms with E-state index in [2.05, 4.69) is 15.3 Å². The predicted molar refractivity (Wildman–Crippen MR) is 104 cm³/mol. The van der Waals surface area contributed by atoms with Crippen LogP contribution >= 0.6 is 11.6 Å². The fourth-order valence-electron chi connectivity index (χ4n) is 2.84. The standard InChI is InChI=1S/C20H14ClF7N4/c21-14-5-10(1-3-13(14)20(26,27)28)17-7-18(32-9-31-17)30-8-16(29)12-6-11(19(23,24)25)2-4-15(12)22/h1-7,9,16H,8,29H2,(H,30,31,32). The number of halogens is 8. The number of nitrogens with two attached hydrogens (primary N) is 1. The smallest absolute Gasteiger partial charge is 0.368 e. The highest BCUT2D eigenvalue weighted by atomic mass is 35.5. The second-order valence-electron chi connectivity index (χ2n) is 6.70. The van der Waals surface area contributed by atoms with Crippen molar-refractivity contribution in [3.8, 4) is 11.3 Å². The van der Waals surface area contributed by atoms with E-state index in [1.54, 1.807) is 0 Å². The van der Waals surface area contributed by atoms with Crippen LogP contribution in [0.3, 0.4) is 0 Å². The Hall–Kier alpha value is -2.92. The van der Waals surface area contributed by atoms with Crippen molar-refractivity contribution in [3.05, 3.63) is 76.3 Å². The summed E-state index contributed by atoms with van der Waals surface area (Å²) < 4.78 is 91.2. The maximum Gasteiger partial charge on any atom is 0.417 e. The lowest BCUT2D eigenvalue weighted by Gasteiger charge is -2.17. The van der Waals surface area contributed by atoms with Crippen molar-refractivity contribution in [1.82, 2.24) is 9.97 Å². The first-order chi connectivity index (χ1) is 14.9. The van der Waals surface area contributed by atoms with Crippen LogP contribution in [-0.2, 0) is 12.4 Å². The Morgan fingerprint density at radius 3 is 2.28 bits per heavy atom. The second-order valence-corrected chi connectivity index (χ2v) is 7.11. The number of hydrogen-bond donors (Lipinski definition) is 2. The molecule has 0 saturated carbocycles. The zero-order chi connectivity index (χ0) is 23.7. The van der Waals surface area contributed by atoms with Crippen molar-refractivity contribution in [2.24, 2.45) is 5.73 Å². The molecule has 0 fully saturated rings. The number of anilines is 1. The van der Waals surface area contributed by atoms with Crippen LogP contribution in [0, 0.1) is 5.82 Å². The monoisotopic (exact) mass is 478 g/mol.